The normalized spacial score (nSPS) is 25.9. The summed E-state index contributed by atoms with van der Waals surface area (Å²) in [6.07, 6.45) is 2.30. The molecule has 1 saturated heterocycles. The number of rotatable bonds is 3. The summed E-state index contributed by atoms with van der Waals surface area (Å²) in [7, 11) is 0. The number of aliphatic hydroxyl groups is 1. The highest BCUT2D eigenvalue weighted by atomic mass is 32.1. The number of amides is 1. The second-order valence-electron chi connectivity index (χ2n) is 8.19. The summed E-state index contributed by atoms with van der Waals surface area (Å²) in [5.41, 5.74) is -0.650. The Balaban J connectivity index is 1.61. The van der Waals surface area contributed by atoms with Crippen molar-refractivity contribution in [2.75, 3.05) is 6.54 Å². The van der Waals surface area contributed by atoms with Gasteiger partial charge >= 0.3 is 6.18 Å². The number of alkyl halides is 3. The molecule has 0 saturated carbocycles. The predicted molar refractivity (Wildman–Crippen MR) is 113 cm³/mol. The summed E-state index contributed by atoms with van der Waals surface area (Å²) in [6.45, 7) is 2.42. The lowest BCUT2D eigenvalue weighted by Crippen LogP contribution is -2.27. The number of allylic oxidation sites excluding steroid dienone is 2. The van der Waals surface area contributed by atoms with Gasteiger partial charge in [0, 0.05) is 37.5 Å². The van der Waals surface area contributed by atoms with Gasteiger partial charge in [0.25, 0.3) is 0 Å². The number of hydrogen-bond donors (Lipinski definition) is 2. The fourth-order valence-electron chi connectivity index (χ4n) is 3.86. The van der Waals surface area contributed by atoms with Gasteiger partial charge in [0.15, 0.2) is 0 Å². The lowest BCUT2D eigenvalue weighted by molar-refractivity contribution is -0.141. The summed E-state index contributed by atoms with van der Waals surface area (Å²) in [4.78, 5) is 28.5. The molecule has 2 aliphatic rings. The molecule has 1 aliphatic heterocycles. The van der Waals surface area contributed by atoms with Crippen molar-refractivity contribution in [2.45, 2.75) is 50.8 Å². The Morgan fingerprint density at radius 1 is 1.28 bits per heavy atom. The highest BCUT2D eigenvalue weighted by Gasteiger charge is 2.35. The molecular formula is C21H22F3N5O2S. The van der Waals surface area contributed by atoms with E-state index >= 15 is 0 Å². The standard InChI is InChI=1S/C21H22F3N5O2S/c1-12-8-13(10-14(9-12)28-19-26-6-3-16(29-19)21(22,23)24)15-11-27-18(32-15)20(31)4-2-17(30)25-7-5-20/h3,6,10-12,31H,2,4-5,7-9H2,1H3,(H,25,30). The molecule has 7 nitrogen and oxygen atoms in total. The predicted octanol–water partition coefficient (Wildman–Crippen LogP) is 4.03. The topological polar surface area (TPSA) is 100 Å². The highest BCUT2D eigenvalue weighted by molar-refractivity contribution is 7.12. The van der Waals surface area contributed by atoms with Crippen LogP contribution in [0.3, 0.4) is 0 Å². The number of carbonyl (C=O) groups is 1. The molecule has 0 bridgehead atoms. The van der Waals surface area contributed by atoms with Crippen LogP contribution >= 0.6 is 11.3 Å². The van der Waals surface area contributed by atoms with Crippen molar-refractivity contribution in [3.63, 3.8) is 0 Å². The summed E-state index contributed by atoms with van der Waals surface area (Å²) in [5.74, 6) is -0.0958. The van der Waals surface area contributed by atoms with E-state index in [1.165, 1.54) is 11.3 Å². The first-order valence-electron chi connectivity index (χ1n) is 10.3. The molecule has 2 aromatic rings. The molecule has 2 atom stereocenters. The van der Waals surface area contributed by atoms with E-state index in [0.717, 1.165) is 29.1 Å². The zero-order chi connectivity index (χ0) is 22.9. The number of thiazole rings is 1. The van der Waals surface area contributed by atoms with Crippen LogP contribution in [0.4, 0.5) is 19.1 Å². The van der Waals surface area contributed by atoms with Gasteiger partial charge in [-0.05, 0) is 42.9 Å². The third-order valence-corrected chi connectivity index (χ3v) is 6.76. The van der Waals surface area contributed by atoms with Gasteiger partial charge in [-0.25, -0.2) is 19.9 Å². The van der Waals surface area contributed by atoms with Crippen LogP contribution in [0, 0.1) is 5.92 Å². The van der Waals surface area contributed by atoms with Crippen molar-refractivity contribution in [2.24, 2.45) is 10.9 Å². The first-order chi connectivity index (χ1) is 15.1. The number of nitrogens with zero attached hydrogens (tertiary/aromatic N) is 4. The smallest absolute Gasteiger partial charge is 0.383 e. The van der Waals surface area contributed by atoms with Gasteiger partial charge in [-0.1, -0.05) is 6.92 Å². The molecule has 1 aliphatic carbocycles. The molecule has 2 N–H and O–H groups in total. The Kier molecular flexibility index (Phi) is 6.13. The third kappa shape index (κ3) is 5.04. The maximum absolute atomic E-state index is 12.9. The van der Waals surface area contributed by atoms with E-state index < -0.39 is 17.5 Å². The van der Waals surface area contributed by atoms with E-state index in [1.54, 1.807) is 6.20 Å². The monoisotopic (exact) mass is 465 g/mol. The first kappa shape index (κ1) is 22.5. The number of aliphatic imine (C=N–C) groups is 1. The molecule has 2 unspecified atom stereocenters. The molecule has 0 radical (unpaired) electrons. The van der Waals surface area contributed by atoms with Crippen molar-refractivity contribution in [1.82, 2.24) is 20.3 Å². The number of hydrogen-bond acceptors (Lipinski definition) is 7. The Labute approximate surface area is 186 Å². The summed E-state index contributed by atoms with van der Waals surface area (Å²) < 4.78 is 38.8. The minimum absolute atomic E-state index is 0.0841. The maximum Gasteiger partial charge on any atom is 0.433 e. The second-order valence-corrected chi connectivity index (χ2v) is 9.22. The van der Waals surface area contributed by atoms with Crippen LogP contribution in [0.5, 0.6) is 0 Å². The van der Waals surface area contributed by atoms with Crippen molar-refractivity contribution in [1.29, 1.82) is 0 Å². The van der Waals surface area contributed by atoms with Crippen molar-refractivity contribution in [3.05, 3.63) is 40.1 Å². The number of carbonyl (C=O) groups excluding carboxylic acids is 1. The SMILES string of the molecule is CC1CC(c2cnc(C3(O)CCNC(=O)CC3)s2)=CC(=Nc2nccc(C(F)(F)F)n2)C1. The lowest BCUT2D eigenvalue weighted by atomic mass is 9.88. The van der Waals surface area contributed by atoms with Gasteiger partial charge in [0.05, 0.1) is 4.88 Å². The van der Waals surface area contributed by atoms with Crippen molar-refractivity contribution in [3.8, 4) is 0 Å². The van der Waals surface area contributed by atoms with E-state index in [-0.39, 0.29) is 24.2 Å². The van der Waals surface area contributed by atoms with Crippen LogP contribution in [0.15, 0.2) is 29.5 Å². The van der Waals surface area contributed by atoms with Gasteiger partial charge in [-0.15, -0.1) is 11.3 Å². The Bertz CT molecular complexity index is 1080. The van der Waals surface area contributed by atoms with Gasteiger partial charge in [0.1, 0.15) is 16.3 Å². The molecular weight excluding hydrogens is 443 g/mol. The van der Waals surface area contributed by atoms with E-state index in [4.69, 9.17) is 0 Å². The molecule has 11 heteroatoms. The fraction of sp³-hybridized carbons (Fsp3) is 0.476. The van der Waals surface area contributed by atoms with Crippen molar-refractivity contribution < 1.29 is 23.1 Å². The quantitative estimate of drug-likeness (QED) is 0.713. The van der Waals surface area contributed by atoms with E-state index in [1.807, 2.05) is 13.0 Å². The molecule has 2 aromatic heterocycles. The first-order valence-corrected chi connectivity index (χ1v) is 11.1. The van der Waals surface area contributed by atoms with E-state index in [2.05, 4.69) is 25.3 Å². The average Bonchev–Trinajstić information content (AvgIpc) is 3.16. The lowest BCUT2D eigenvalue weighted by Gasteiger charge is -2.23. The molecule has 1 fully saturated rings. The second kappa shape index (κ2) is 8.70. The summed E-state index contributed by atoms with van der Waals surface area (Å²) in [5, 5.41) is 14.4. The number of nitrogens with one attached hydrogen (secondary N) is 1. The third-order valence-electron chi connectivity index (χ3n) is 5.49. The summed E-state index contributed by atoms with van der Waals surface area (Å²) in [6, 6.07) is 0.814. The van der Waals surface area contributed by atoms with E-state index in [0.29, 0.717) is 36.5 Å². The van der Waals surface area contributed by atoms with Crippen molar-refractivity contribution >= 4 is 34.5 Å². The zero-order valence-corrected chi connectivity index (χ0v) is 18.1. The van der Waals surface area contributed by atoms with Crippen LogP contribution in [-0.4, -0.2) is 38.2 Å². The number of halogens is 3. The Morgan fingerprint density at radius 2 is 2.09 bits per heavy atom. The Morgan fingerprint density at radius 3 is 2.88 bits per heavy atom. The molecule has 4 rings (SSSR count). The minimum atomic E-state index is -4.56. The molecule has 3 heterocycles. The minimum Gasteiger partial charge on any atom is -0.383 e. The maximum atomic E-state index is 12.9. The molecule has 0 spiro atoms. The summed E-state index contributed by atoms with van der Waals surface area (Å²) >= 11 is 1.37. The average molecular weight is 466 g/mol. The largest absolute Gasteiger partial charge is 0.433 e. The van der Waals surface area contributed by atoms with E-state index in [9.17, 15) is 23.1 Å². The van der Waals surface area contributed by atoms with Gasteiger partial charge in [-0.3, -0.25) is 4.79 Å². The van der Waals surface area contributed by atoms with Crippen LogP contribution < -0.4 is 5.32 Å². The zero-order valence-electron chi connectivity index (χ0n) is 17.3. The molecule has 1 amide bonds. The Hall–Kier alpha value is -2.66. The van der Waals surface area contributed by atoms with Crippen LogP contribution in [0.25, 0.3) is 5.57 Å². The highest BCUT2D eigenvalue weighted by Crippen LogP contribution is 2.39. The molecule has 32 heavy (non-hydrogen) atoms. The van der Waals surface area contributed by atoms with Crippen LogP contribution in [0.2, 0.25) is 0 Å². The van der Waals surface area contributed by atoms with Gasteiger partial charge in [0.2, 0.25) is 11.9 Å². The van der Waals surface area contributed by atoms with Gasteiger partial charge in [-0.2, -0.15) is 13.2 Å². The number of aromatic nitrogens is 3. The van der Waals surface area contributed by atoms with Gasteiger partial charge < -0.3 is 10.4 Å². The van der Waals surface area contributed by atoms with Crippen LogP contribution in [-0.2, 0) is 16.6 Å². The fourth-order valence-corrected chi connectivity index (χ4v) is 4.94. The molecule has 170 valence electrons. The van der Waals surface area contributed by atoms with Crippen LogP contribution in [0.1, 0.15) is 54.6 Å². The molecule has 0 aromatic carbocycles.